The minimum absolute atomic E-state index is 0.0817. The largest absolute Gasteiger partial charge is 0.468 e. The Kier molecular flexibility index (Phi) is 13.2. The molecule has 354 valence electrons. The second kappa shape index (κ2) is 19.1. The van der Waals surface area contributed by atoms with E-state index in [0.717, 1.165) is 61.7 Å². The highest BCUT2D eigenvalue weighted by Gasteiger charge is 2.54. The van der Waals surface area contributed by atoms with E-state index in [0.29, 0.717) is 19.9 Å². The van der Waals surface area contributed by atoms with E-state index in [1.807, 2.05) is 18.3 Å². The first-order chi connectivity index (χ1) is 33.4. The Balaban J connectivity index is 0.981. The van der Waals surface area contributed by atoms with Gasteiger partial charge in [0, 0.05) is 39.3 Å². The molecule has 2 saturated heterocycles. The molecule has 0 saturated carbocycles. The molecule has 0 N–H and O–H groups in total. The fourth-order valence-corrected chi connectivity index (χ4v) is 9.56. The van der Waals surface area contributed by atoms with Crippen molar-refractivity contribution in [1.82, 2.24) is 9.55 Å². The predicted octanol–water partition coefficient (Wildman–Crippen LogP) is 11.4. The number of hydrogen-bond acceptors (Lipinski definition) is 10. The Labute approximate surface area is 416 Å². The Morgan fingerprint density at radius 2 is 1.11 bits per heavy atom. The molecular weight excluding hydrogens is 869 g/mol. The number of pyridine rings is 1. The first-order valence-corrected chi connectivity index (χ1v) is 24.7. The minimum atomic E-state index is -0.767. The van der Waals surface area contributed by atoms with Gasteiger partial charge in [0.2, 0.25) is 0 Å². The average Bonchev–Trinajstić information content (AvgIpc) is 3.89. The molecular formula is C53H62B6N4O7. The number of nitrogens with zero attached hydrogens (tertiary/aromatic N) is 4. The van der Waals surface area contributed by atoms with Crippen LogP contribution in [-0.4, -0.2) is 58.9 Å². The lowest BCUT2D eigenvalue weighted by Gasteiger charge is -2.42. The third-order valence-corrected chi connectivity index (χ3v) is 13.2. The fourth-order valence-electron chi connectivity index (χ4n) is 9.56. The minimum Gasteiger partial charge on any atom is -0.452 e. The van der Waals surface area contributed by atoms with E-state index < -0.39 is 42.7 Å². The van der Waals surface area contributed by atoms with E-state index in [9.17, 15) is 0 Å². The molecule has 7 aromatic rings. The van der Waals surface area contributed by atoms with Crippen LogP contribution >= 0.6 is 0 Å². The van der Waals surface area contributed by atoms with Crippen molar-refractivity contribution in [3.63, 3.8) is 0 Å². The number of benzene rings is 5. The monoisotopic (exact) mass is 933 g/mol. The van der Waals surface area contributed by atoms with E-state index in [-0.39, 0.29) is 21.8 Å². The Morgan fingerprint density at radius 3 is 1.76 bits per heavy atom. The van der Waals surface area contributed by atoms with Crippen molar-refractivity contribution in [1.29, 1.82) is 0 Å². The number of rotatable bonds is 10. The number of ether oxygens (including phenoxy) is 1. The zero-order valence-electron chi connectivity index (χ0n) is 42.5. The zero-order valence-corrected chi connectivity index (χ0v) is 42.5. The Bertz CT molecular complexity index is 2970. The van der Waals surface area contributed by atoms with Crippen molar-refractivity contribution in [2.24, 2.45) is 0 Å². The number of aromatic nitrogens is 2. The molecule has 0 atom stereocenters. The van der Waals surface area contributed by atoms with Crippen LogP contribution in [-0.2, 0) is 45.4 Å². The molecule has 0 unspecified atom stereocenters. The highest BCUT2D eigenvalue weighted by Crippen LogP contribution is 2.45. The van der Waals surface area contributed by atoms with Gasteiger partial charge in [0.05, 0.1) is 35.6 Å². The molecule has 5 heterocycles. The lowest BCUT2D eigenvalue weighted by Crippen LogP contribution is -2.61. The molecule has 0 aliphatic carbocycles. The normalized spacial score (nSPS) is 16.2. The summed E-state index contributed by atoms with van der Waals surface area (Å²) in [6.45, 7) is 24.8. The maximum absolute atomic E-state index is 6.88. The summed E-state index contributed by atoms with van der Waals surface area (Å²) in [6.07, 6.45) is 1.84. The van der Waals surface area contributed by atoms with Gasteiger partial charge in [-0.15, -0.1) is 0 Å². The van der Waals surface area contributed by atoms with Gasteiger partial charge in [0.25, 0.3) is 0 Å². The zero-order chi connectivity index (χ0) is 49.1. The van der Waals surface area contributed by atoms with Gasteiger partial charge >= 0.3 is 42.7 Å². The van der Waals surface area contributed by atoms with Crippen LogP contribution in [0.2, 0.25) is 21.8 Å². The average molecular weight is 932 g/mol. The number of para-hydroxylation sites is 4. The Hall–Kier alpha value is -5.24. The summed E-state index contributed by atoms with van der Waals surface area (Å²) in [5, 5.41) is 1.40. The van der Waals surface area contributed by atoms with E-state index in [1.54, 1.807) is 0 Å². The van der Waals surface area contributed by atoms with Crippen LogP contribution < -0.4 is 20.7 Å². The molecule has 0 spiro atoms. The molecule has 2 fully saturated rings. The van der Waals surface area contributed by atoms with Crippen molar-refractivity contribution in [2.75, 3.05) is 16.5 Å². The van der Waals surface area contributed by atoms with E-state index >= 15 is 0 Å². The van der Waals surface area contributed by atoms with Gasteiger partial charge in [-0.05, 0) is 81.4 Å². The van der Waals surface area contributed by atoms with Gasteiger partial charge in [0.1, 0.15) is 12.5 Å². The summed E-state index contributed by atoms with van der Waals surface area (Å²) < 4.78 is 49.2. The number of fused-ring (bicyclic) bond motifs is 4. The molecule has 2 aromatic heterocycles. The highest BCUT2D eigenvalue weighted by molar-refractivity contribution is 6.84. The van der Waals surface area contributed by atoms with Gasteiger partial charge in [0.15, 0.2) is 0 Å². The van der Waals surface area contributed by atoms with Crippen LogP contribution in [0.1, 0.15) is 87.3 Å². The van der Waals surface area contributed by atoms with Crippen LogP contribution in [0, 0.1) is 0 Å². The van der Waals surface area contributed by atoms with Gasteiger partial charge in [-0.25, -0.2) is 4.98 Å². The number of anilines is 4. The molecule has 11 nitrogen and oxygen atoms in total. The van der Waals surface area contributed by atoms with E-state index in [4.69, 9.17) is 37.2 Å². The quantitative estimate of drug-likeness (QED) is 0.124. The van der Waals surface area contributed by atoms with Gasteiger partial charge in [-0.2, -0.15) is 0 Å². The van der Waals surface area contributed by atoms with Crippen molar-refractivity contribution >= 4 is 98.2 Å². The first-order valence-electron chi connectivity index (χ1n) is 24.7. The first kappa shape index (κ1) is 48.4. The topological polar surface area (TPSA) is 88.9 Å². The van der Waals surface area contributed by atoms with E-state index in [1.165, 1.54) is 10.8 Å². The van der Waals surface area contributed by atoms with Crippen molar-refractivity contribution < 1.29 is 32.2 Å². The van der Waals surface area contributed by atoms with Crippen LogP contribution in [0.25, 0.3) is 27.6 Å². The van der Waals surface area contributed by atoms with Gasteiger partial charge < -0.3 is 42.0 Å². The second-order valence-corrected chi connectivity index (χ2v) is 22.5. The molecule has 0 amide bonds. The molecule has 3 aliphatic heterocycles. The summed E-state index contributed by atoms with van der Waals surface area (Å²) in [6, 6.07) is 44.6. The van der Waals surface area contributed by atoms with Crippen LogP contribution in [0.5, 0.6) is 0 Å². The van der Waals surface area contributed by atoms with Crippen molar-refractivity contribution in [3.8, 4) is 5.82 Å². The highest BCUT2D eigenvalue weighted by atomic mass is 16.7. The lowest BCUT2D eigenvalue weighted by molar-refractivity contribution is 0.107. The summed E-state index contributed by atoms with van der Waals surface area (Å²) in [5.41, 5.74) is 10.1. The molecule has 10 rings (SSSR count). The van der Waals surface area contributed by atoms with Crippen molar-refractivity contribution in [3.05, 3.63) is 145 Å². The SMILES string of the molecule is CC(C)B1OB(c2cccc(B3OB(C(C)(C)C)OB(C(C)(C)C)O3)c2N2CN(c3cccc(COCc4ccc5c6ccccc6n(-c6ccccn6)c5c4)c3)c3ccccc32)OB(C(C)(C)C)O1. The lowest BCUT2D eigenvalue weighted by atomic mass is 9.49. The smallest absolute Gasteiger partial charge is 0.452 e. The summed E-state index contributed by atoms with van der Waals surface area (Å²) in [4.78, 5) is 9.42. The third-order valence-electron chi connectivity index (χ3n) is 13.2. The van der Waals surface area contributed by atoms with E-state index in [2.05, 4.69) is 206 Å². The second-order valence-electron chi connectivity index (χ2n) is 22.5. The predicted molar refractivity (Wildman–Crippen MR) is 290 cm³/mol. The van der Waals surface area contributed by atoms with Crippen LogP contribution in [0.15, 0.2) is 134 Å². The standard InChI is InChI=1S/C53H62B6N4O7/c1-37(2)54-65-55(67-57(66-54)51(3,4)5)43-23-19-24-44(56-68-58(52(6,7)8)70-59(69-56)53(9,10)11)50(43)62-36-61(46-26-14-15-27-47(46)62)40-21-18-20-38(32-40)34-64-35-39-29-30-42-41-22-12-13-25-45(41)63(48(42)33-39)49-28-16-17-31-60-49/h12-33,37H,34-36H2,1-11H3. The molecule has 0 radical (unpaired) electrons. The summed E-state index contributed by atoms with van der Waals surface area (Å²) >= 11 is 0. The molecule has 70 heavy (non-hydrogen) atoms. The Morgan fingerprint density at radius 1 is 0.543 bits per heavy atom. The molecule has 3 aliphatic rings. The fraction of sp³-hybridized carbons (Fsp3) is 0.340. The molecule has 17 heteroatoms. The maximum atomic E-state index is 6.88. The summed E-state index contributed by atoms with van der Waals surface area (Å²) in [7, 11) is -3.60. The van der Waals surface area contributed by atoms with Crippen LogP contribution in [0.4, 0.5) is 22.7 Å². The maximum Gasteiger partial charge on any atom is 0.468 e. The number of hydrogen-bond donors (Lipinski definition) is 0. The van der Waals surface area contributed by atoms with Crippen molar-refractivity contribution in [2.45, 2.75) is 111 Å². The molecule has 0 bridgehead atoms. The molecule has 5 aromatic carbocycles. The van der Waals surface area contributed by atoms with Gasteiger partial charge in [-0.1, -0.05) is 155 Å². The summed E-state index contributed by atoms with van der Waals surface area (Å²) in [5.74, 6) is 0.969. The third kappa shape index (κ3) is 9.62. The van der Waals surface area contributed by atoms with Gasteiger partial charge in [-0.3, -0.25) is 4.57 Å². The van der Waals surface area contributed by atoms with Crippen LogP contribution in [0.3, 0.4) is 0 Å².